The van der Waals surface area contributed by atoms with Crippen molar-refractivity contribution in [2.45, 2.75) is 119 Å². The van der Waals surface area contributed by atoms with Crippen molar-refractivity contribution in [2.24, 2.45) is 0 Å². The van der Waals surface area contributed by atoms with Crippen LogP contribution in [0.4, 0.5) is 0 Å². The first-order chi connectivity index (χ1) is 34.2. The van der Waals surface area contributed by atoms with Crippen LogP contribution in [0, 0.1) is 19.8 Å². The van der Waals surface area contributed by atoms with Crippen molar-refractivity contribution in [2.75, 3.05) is 0 Å². The van der Waals surface area contributed by atoms with E-state index in [2.05, 4.69) is 187 Å². The molecule has 1 N–H and O–H groups in total. The maximum absolute atomic E-state index is 12.6. The van der Waals surface area contributed by atoms with Crippen molar-refractivity contribution in [3.05, 3.63) is 191 Å². The van der Waals surface area contributed by atoms with Gasteiger partial charge in [0.2, 0.25) is 0 Å². The largest absolute Gasteiger partial charge is 0.507 e. The fraction of sp³-hybridized carbons (Fsp3) is 0.273. The molecule has 0 unspecified atom stereocenters. The van der Waals surface area contributed by atoms with Gasteiger partial charge < -0.3 is 5.11 Å². The van der Waals surface area contributed by atoms with Gasteiger partial charge in [0.15, 0.2) is 0 Å². The molecule has 2 heterocycles. The molecular weight excluding hydrogens is 1050 g/mol. The van der Waals surface area contributed by atoms with E-state index < -0.39 is 12.3 Å². The van der Waals surface area contributed by atoms with Crippen LogP contribution in [-0.4, -0.2) is 19.6 Å². The summed E-state index contributed by atoms with van der Waals surface area (Å²) >= 11 is 0. The van der Waals surface area contributed by atoms with Crippen LogP contribution in [0.2, 0.25) is 0 Å². The molecule has 9 aromatic rings. The van der Waals surface area contributed by atoms with Crippen LogP contribution >= 0.6 is 0 Å². The predicted molar refractivity (Wildman–Crippen MR) is 296 cm³/mol. The third kappa shape index (κ3) is 10.1. The van der Waals surface area contributed by atoms with Crippen LogP contribution in [0.1, 0.15) is 121 Å². The van der Waals surface area contributed by atoms with Gasteiger partial charge in [-0.1, -0.05) is 203 Å². The number of fused-ring (bicyclic) bond motifs is 1. The third-order valence-electron chi connectivity index (χ3n) is 13.6. The molecule has 4 nitrogen and oxygen atoms in total. The van der Waals surface area contributed by atoms with Gasteiger partial charge in [-0.3, -0.25) is 9.55 Å². The van der Waals surface area contributed by atoms with Gasteiger partial charge in [-0.25, -0.2) is 4.98 Å². The van der Waals surface area contributed by atoms with Crippen LogP contribution in [0.5, 0.6) is 5.75 Å². The summed E-state index contributed by atoms with van der Waals surface area (Å²) < 4.78 is 29.9. The van der Waals surface area contributed by atoms with E-state index >= 15 is 0 Å². The number of para-hydroxylation sites is 1. The van der Waals surface area contributed by atoms with Crippen LogP contribution < -0.4 is 0 Å². The first-order valence-electron chi connectivity index (χ1n) is 26.0. The topological polar surface area (TPSA) is 50.9 Å². The molecule has 7 aromatic carbocycles. The van der Waals surface area contributed by atoms with Gasteiger partial charge in [-0.05, 0) is 116 Å². The van der Waals surface area contributed by atoms with E-state index in [-0.39, 0.29) is 48.6 Å². The molecule has 0 atom stereocenters. The molecule has 9 rings (SSSR count). The second kappa shape index (κ2) is 19.0. The Labute approximate surface area is 441 Å². The first-order valence-corrected chi connectivity index (χ1v) is 24.5. The van der Waals surface area contributed by atoms with Crippen molar-refractivity contribution >= 4 is 11.0 Å². The predicted octanol–water partition coefficient (Wildman–Crippen LogP) is 17.7. The van der Waals surface area contributed by atoms with E-state index in [1.54, 1.807) is 0 Å². The summed E-state index contributed by atoms with van der Waals surface area (Å²) in [6.07, 6.45) is 1.86. The Balaban J connectivity index is 0.00000729. The number of hydrogen-bond donors (Lipinski definition) is 1. The number of aromatic nitrogens is 3. The van der Waals surface area contributed by atoms with Crippen molar-refractivity contribution in [3.63, 3.8) is 0 Å². The Kier molecular flexibility index (Phi) is 12.6. The molecule has 0 spiro atoms. The van der Waals surface area contributed by atoms with Crippen LogP contribution in [0.25, 0.3) is 83.9 Å². The number of phenols is 1. The Bertz CT molecular complexity index is 3540. The number of imidazole rings is 1. The number of pyridine rings is 1. The van der Waals surface area contributed by atoms with Gasteiger partial charge in [-0.15, -0.1) is 29.3 Å². The van der Waals surface area contributed by atoms with E-state index in [1.165, 1.54) is 5.56 Å². The number of aromatic hydroxyl groups is 1. The molecule has 0 aliphatic carbocycles. The number of benzene rings is 7. The third-order valence-corrected chi connectivity index (χ3v) is 13.6. The van der Waals surface area contributed by atoms with Gasteiger partial charge in [0, 0.05) is 42.6 Å². The van der Waals surface area contributed by atoms with Crippen molar-refractivity contribution in [1.82, 2.24) is 14.5 Å². The molecule has 0 radical (unpaired) electrons. The van der Waals surface area contributed by atoms with E-state index in [9.17, 15) is 9.22 Å². The molecule has 0 bridgehead atoms. The Morgan fingerprint density at radius 3 is 1.83 bits per heavy atom. The normalized spacial score (nSPS) is 13.1. The zero-order valence-corrected chi connectivity index (χ0v) is 45.8. The molecule has 0 saturated carbocycles. The molecule has 0 aliphatic heterocycles. The Hall–Kier alpha value is -6.35. The van der Waals surface area contributed by atoms with Crippen molar-refractivity contribution in [3.8, 4) is 78.6 Å². The molecule has 2 aromatic heterocycles. The average Bonchev–Trinajstić information content (AvgIpc) is 3.72. The van der Waals surface area contributed by atoms with Crippen LogP contribution in [-0.2, 0) is 42.7 Å². The quantitative estimate of drug-likeness (QED) is 0.162. The maximum Gasteiger partial charge on any atom is 0.148 e. The summed E-state index contributed by atoms with van der Waals surface area (Å²) in [4.78, 5) is 10.5. The van der Waals surface area contributed by atoms with Gasteiger partial charge in [0.25, 0.3) is 0 Å². The second-order valence-corrected chi connectivity index (χ2v) is 23.2. The number of hydrogen-bond acceptors (Lipinski definition) is 3. The van der Waals surface area contributed by atoms with E-state index in [0.29, 0.717) is 28.1 Å². The summed E-state index contributed by atoms with van der Waals surface area (Å²) in [5.74, 6) is 0.551. The summed E-state index contributed by atoms with van der Waals surface area (Å²) in [5.41, 5.74) is 15.8. The fourth-order valence-electron chi connectivity index (χ4n) is 9.57. The zero-order valence-electron chi connectivity index (χ0n) is 46.5. The molecule has 0 aliphatic rings. The van der Waals surface area contributed by atoms with Gasteiger partial charge >= 0.3 is 0 Å². The number of aryl methyl sites for hydroxylation is 2. The summed E-state index contributed by atoms with van der Waals surface area (Å²) in [6, 6.07) is 53.6. The SMILES string of the molecule is [2H]C([2H])([2H])c1cc(-c2c(-c3ccccc3)cccc2C(C)(C)C)ccc1-n1c(-c2cc(C(C)(C)C)cc(C(C)(C)C)c2O)nc2c(-c3[c-]c(-c4cc(-c5ccc(C)cc5)ccn4)cc(C(C)(C)C)c3)cccc21.[Pt]. The fourth-order valence-corrected chi connectivity index (χ4v) is 9.57. The van der Waals surface area contributed by atoms with Gasteiger partial charge in [-0.2, -0.15) is 0 Å². The molecule has 0 saturated heterocycles. The second-order valence-electron chi connectivity index (χ2n) is 23.2. The smallest absolute Gasteiger partial charge is 0.148 e. The van der Waals surface area contributed by atoms with Gasteiger partial charge in [0.05, 0.1) is 22.3 Å². The minimum atomic E-state index is -2.56. The average molecular weight is 1120 g/mol. The number of rotatable bonds is 7. The minimum absolute atomic E-state index is 0. The first kappa shape index (κ1) is 47.0. The van der Waals surface area contributed by atoms with Crippen LogP contribution in [0.3, 0.4) is 0 Å². The number of phenolic OH excluding ortho intramolecular Hbond substituents is 1. The summed E-state index contributed by atoms with van der Waals surface area (Å²) in [6.45, 7) is 25.6. The zero-order chi connectivity index (χ0) is 52.6. The van der Waals surface area contributed by atoms with E-state index in [0.717, 1.165) is 78.0 Å². The summed E-state index contributed by atoms with van der Waals surface area (Å²) in [7, 11) is 0. The Morgan fingerprint density at radius 2 is 1.17 bits per heavy atom. The standard InChI is InChI=1S/C66H68N3O.Pt/c1-41-26-28-43(29-27-41)45-32-33-67-56(38-45)48-35-47(36-49(37-48)63(3,4)5)52-23-19-25-58-60(52)68-62(53-39-50(64(6,7)8)40-55(61(53)70)66(12,13)14)69(58)57-31-30-46(34-42(57)2)59-51(44-20-16-15-17-21-44)22-18-24-54(59)65(9,10)11;/h15-34,36-40,70H,1-14H3;/q-1;/i2D3;. The van der Waals surface area contributed by atoms with Crippen molar-refractivity contribution in [1.29, 1.82) is 0 Å². The maximum atomic E-state index is 12.6. The molecule has 5 heteroatoms. The molecule has 0 fully saturated rings. The monoisotopic (exact) mass is 1120 g/mol. The number of nitrogens with zero attached hydrogens (tertiary/aromatic N) is 3. The summed E-state index contributed by atoms with van der Waals surface area (Å²) in [5, 5.41) is 12.6. The van der Waals surface area contributed by atoms with Crippen LogP contribution in [0.15, 0.2) is 152 Å². The van der Waals surface area contributed by atoms with E-state index in [4.69, 9.17) is 9.97 Å². The van der Waals surface area contributed by atoms with E-state index in [1.807, 2.05) is 65.4 Å². The molecule has 0 amide bonds. The Morgan fingerprint density at radius 1 is 0.535 bits per heavy atom. The van der Waals surface area contributed by atoms with Crippen molar-refractivity contribution < 1.29 is 30.3 Å². The molecule has 364 valence electrons. The van der Waals surface area contributed by atoms with Gasteiger partial charge in [0.1, 0.15) is 11.6 Å². The molecule has 71 heavy (non-hydrogen) atoms. The molecular formula is C66H68N3OPt-. The minimum Gasteiger partial charge on any atom is -0.507 e.